The minimum absolute atomic E-state index is 0.0751. The SMILES string of the molecule is CCCCCCCCOc1ccc(C(=O)Oc2ccc(C=Nc3cccc(C#N)c3)c(O)c2)cc1. The van der Waals surface area contributed by atoms with Crippen molar-refractivity contribution in [3.63, 3.8) is 0 Å². The molecule has 0 saturated heterocycles. The summed E-state index contributed by atoms with van der Waals surface area (Å²) in [5.41, 5.74) is 1.94. The lowest BCUT2D eigenvalue weighted by molar-refractivity contribution is 0.0734. The van der Waals surface area contributed by atoms with Gasteiger partial charge in [0.15, 0.2) is 0 Å². The molecule has 0 aliphatic carbocycles. The Morgan fingerprint density at radius 2 is 1.71 bits per heavy atom. The van der Waals surface area contributed by atoms with E-state index in [-0.39, 0.29) is 11.5 Å². The van der Waals surface area contributed by atoms with Crippen LogP contribution in [0.15, 0.2) is 71.7 Å². The highest BCUT2D eigenvalue weighted by Gasteiger charge is 2.10. The molecule has 0 fully saturated rings. The van der Waals surface area contributed by atoms with Crippen molar-refractivity contribution in [2.75, 3.05) is 6.61 Å². The summed E-state index contributed by atoms with van der Waals surface area (Å²) in [6.45, 7) is 2.87. The summed E-state index contributed by atoms with van der Waals surface area (Å²) in [6, 6.07) is 20.3. The van der Waals surface area contributed by atoms with Crippen molar-refractivity contribution in [1.82, 2.24) is 0 Å². The van der Waals surface area contributed by atoms with E-state index < -0.39 is 5.97 Å². The van der Waals surface area contributed by atoms with Crippen LogP contribution in [0.5, 0.6) is 17.2 Å². The van der Waals surface area contributed by atoms with Crippen molar-refractivity contribution in [3.8, 4) is 23.3 Å². The lowest BCUT2D eigenvalue weighted by Crippen LogP contribution is -2.08. The van der Waals surface area contributed by atoms with Gasteiger partial charge in [-0.2, -0.15) is 5.26 Å². The van der Waals surface area contributed by atoms with Gasteiger partial charge in [-0.1, -0.05) is 45.1 Å². The Balaban J connectivity index is 1.51. The zero-order chi connectivity index (χ0) is 24.9. The minimum Gasteiger partial charge on any atom is -0.507 e. The number of ether oxygens (including phenoxy) is 2. The first kappa shape index (κ1) is 25.5. The first-order valence-electron chi connectivity index (χ1n) is 11.9. The van der Waals surface area contributed by atoms with Gasteiger partial charge in [0, 0.05) is 17.8 Å². The molecule has 0 bridgehead atoms. The largest absolute Gasteiger partial charge is 0.507 e. The maximum absolute atomic E-state index is 12.5. The molecule has 6 nitrogen and oxygen atoms in total. The lowest BCUT2D eigenvalue weighted by Gasteiger charge is -2.08. The third-order valence-corrected chi connectivity index (χ3v) is 5.40. The van der Waals surface area contributed by atoms with E-state index in [1.165, 1.54) is 38.0 Å². The number of phenols is 1. The molecular weight excluding hydrogens is 440 g/mol. The van der Waals surface area contributed by atoms with E-state index in [4.69, 9.17) is 14.7 Å². The number of hydrogen-bond acceptors (Lipinski definition) is 6. The maximum Gasteiger partial charge on any atom is 0.343 e. The van der Waals surface area contributed by atoms with Crippen LogP contribution in [-0.2, 0) is 0 Å². The first-order chi connectivity index (χ1) is 17.1. The molecule has 0 saturated carbocycles. The number of nitriles is 1. The van der Waals surface area contributed by atoms with Crippen LogP contribution in [0.4, 0.5) is 5.69 Å². The number of carbonyl (C=O) groups excluding carboxylic acids is 1. The summed E-state index contributed by atoms with van der Waals surface area (Å²) in [4.78, 5) is 16.8. The van der Waals surface area contributed by atoms with Gasteiger partial charge in [0.2, 0.25) is 0 Å². The highest BCUT2D eigenvalue weighted by Crippen LogP contribution is 2.24. The predicted octanol–water partition coefficient (Wildman–Crippen LogP) is 6.97. The molecule has 3 aromatic carbocycles. The van der Waals surface area contributed by atoms with Crippen molar-refractivity contribution in [3.05, 3.63) is 83.4 Å². The van der Waals surface area contributed by atoms with Crippen LogP contribution < -0.4 is 9.47 Å². The van der Waals surface area contributed by atoms with E-state index in [0.717, 1.165) is 18.6 Å². The number of benzene rings is 3. The standard InChI is InChI=1S/C29H30N2O4/c1-2-3-4-5-6-7-17-34-26-14-11-23(12-15-26)29(33)35-27-16-13-24(28(32)19-27)21-31-25-10-8-9-22(18-25)20-30/h8-16,18-19,21,32H,2-7,17H2,1H3. The van der Waals surface area contributed by atoms with E-state index in [9.17, 15) is 9.90 Å². The number of nitrogens with zero attached hydrogens (tertiary/aromatic N) is 2. The molecule has 0 radical (unpaired) electrons. The number of hydrogen-bond donors (Lipinski definition) is 1. The molecule has 0 aliphatic heterocycles. The van der Waals surface area contributed by atoms with Gasteiger partial charge in [-0.05, 0) is 61.0 Å². The summed E-state index contributed by atoms with van der Waals surface area (Å²) >= 11 is 0. The molecule has 0 amide bonds. The fourth-order valence-electron chi connectivity index (χ4n) is 3.42. The maximum atomic E-state index is 12.5. The van der Waals surface area contributed by atoms with Crippen LogP contribution in [0.1, 0.15) is 66.9 Å². The van der Waals surface area contributed by atoms with E-state index in [0.29, 0.717) is 29.0 Å². The molecule has 0 atom stereocenters. The second-order valence-corrected chi connectivity index (χ2v) is 8.17. The van der Waals surface area contributed by atoms with Crippen molar-refractivity contribution in [2.45, 2.75) is 45.4 Å². The monoisotopic (exact) mass is 470 g/mol. The molecule has 180 valence electrons. The van der Waals surface area contributed by atoms with Crippen LogP contribution in [0, 0.1) is 11.3 Å². The van der Waals surface area contributed by atoms with E-state index >= 15 is 0 Å². The Kier molecular flexibility index (Phi) is 9.89. The molecule has 3 rings (SSSR count). The van der Waals surface area contributed by atoms with Crippen molar-refractivity contribution in [2.24, 2.45) is 4.99 Å². The van der Waals surface area contributed by atoms with Crippen LogP contribution in [0.3, 0.4) is 0 Å². The normalized spacial score (nSPS) is 10.7. The van der Waals surface area contributed by atoms with Gasteiger partial charge in [0.25, 0.3) is 0 Å². The van der Waals surface area contributed by atoms with E-state index in [2.05, 4.69) is 18.0 Å². The third kappa shape index (κ3) is 8.31. The number of aromatic hydroxyl groups is 1. The third-order valence-electron chi connectivity index (χ3n) is 5.40. The summed E-state index contributed by atoms with van der Waals surface area (Å²) in [7, 11) is 0. The highest BCUT2D eigenvalue weighted by molar-refractivity contribution is 5.91. The van der Waals surface area contributed by atoms with Crippen LogP contribution in [0.2, 0.25) is 0 Å². The first-order valence-corrected chi connectivity index (χ1v) is 11.9. The number of aliphatic imine (C=N–C) groups is 1. The summed E-state index contributed by atoms with van der Waals surface area (Å²) < 4.78 is 11.1. The Morgan fingerprint density at radius 1 is 0.971 bits per heavy atom. The zero-order valence-corrected chi connectivity index (χ0v) is 19.9. The Morgan fingerprint density at radius 3 is 2.46 bits per heavy atom. The molecule has 1 N–H and O–H groups in total. The Hall–Kier alpha value is -4.11. The molecular formula is C29H30N2O4. The fraction of sp³-hybridized carbons (Fsp3) is 0.276. The topological polar surface area (TPSA) is 91.9 Å². The van der Waals surface area contributed by atoms with E-state index in [1.54, 1.807) is 60.7 Å². The van der Waals surface area contributed by atoms with E-state index in [1.807, 2.05) is 0 Å². The Labute approximate surface area is 206 Å². The predicted molar refractivity (Wildman–Crippen MR) is 137 cm³/mol. The van der Waals surface area contributed by atoms with Gasteiger partial charge in [-0.25, -0.2) is 4.79 Å². The fourth-order valence-corrected chi connectivity index (χ4v) is 3.42. The number of phenolic OH excluding ortho intramolecular Hbond substituents is 1. The van der Waals surface area contributed by atoms with Gasteiger partial charge in [0.05, 0.1) is 29.5 Å². The second-order valence-electron chi connectivity index (χ2n) is 8.17. The summed E-state index contributed by atoms with van der Waals surface area (Å²) in [5, 5.41) is 19.3. The van der Waals surface area contributed by atoms with Crippen LogP contribution >= 0.6 is 0 Å². The highest BCUT2D eigenvalue weighted by atomic mass is 16.5. The number of rotatable bonds is 12. The number of esters is 1. The molecule has 0 aromatic heterocycles. The smallest absolute Gasteiger partial charge is 0.343 e. The van der Waals surface area contributed by atoms with Gasteiger partial charge < -0.3 is 14.6 Å². The average Bonchev–Trinajstić information content (AvgIpc) is 2.88. The molecule has 3 aromatic rings. The quantitative estimate of drug-likeness (QED) is 0.133. The average molecular weight is 471 g/mol. The van der Waals surface area contributed by atoms with Crippen LogP contribution in [-0.4, -0.2) is 23.9 Å². The second kappa shape index (κ2) is 13.6. The molecule has 0 spiro atoms. The molecule has 0 heterocycles. The summed E-state index contributed by atoms with van der Waals surface area (Å²) in [5.74, 6) is 0.340. The Bertz CT molecular complexity index is 1180. The molecule has 0 unspecified atom stereocenters. The van der Waals surface area contributed by atoms with Crippen molar-refractivity contribution < 1.29 is 19.4 Å². The minimum atomic E-state index is -0.526. The zero-order valence-electron chi connectivity index (χ0n) is 19.9. The van der Waals surface area contributed by atoms with Gasteiger partial charge >= 0.3 is 5.97 Å². The molecule has 35 heavy (non-hydrogen) atoms. The van der Waals surface area contributed by atoms with Gasteiger partial charge in [-0.15, -0.1) is 0 Å². The molecule has 0 aliphatic rings. The van der Waals surface area contributed by atoms with Gasteiger partial charge in [0.1, 0.15) is 17.2 Å². The number of unbranched alkanes of at least 4 members (excludes halogenated alkanes) is 5. The van der Waals surface area contributed by atoms with Gasteiger partial charge in [-0.3, -0.25) is 4.99 Å². The van der Waals surface area contributed by atoms with Crippen LogP contribution in [0.25, 0.3) is 0 Å². The lowest BCUT2D eigenvalue weighted by atomic mass is 10.1. The van der Waals surface area contributed by atoms with Crippen molar-refractivity contribution >= 4 is 17.9 Å². The van der Waals surface area contributed by atoms with Crippen molar-refractivity contribution in [1.29, 1.82) is 5.26 Å². The molecule has 6 heteroatoms. The summed E-state index contributed by atoms with van der Waals surface area (Å²) in [6.07, 6.45) is 8.71. The number of carbonyl (C=O) groups is 1.